The molecule has 1 fully saturated rings. The molecular weight excluding hydrogens is 494 g/mol. The fraction of sp³-hybridized carbons (Fsp3) is 0.233. The Morgan fingerprint density at radius 3 is 2.36 bits per heavy atom. The molecule has 4 aromatic rings. The van der Waals surface area contributed by atoms with E-state index in [0.29, 0.717) is 15.6 Å². The van der Waals surface area contributed by atoms with Crippen LogP contribution in [-0.4, -0.2) is 23.0 Å². The molecule has 182 valence electrons. The molecule has 0 bridgehead atoms. The highest BCUT2D eigenvalue weighted by molar-refractivity contribution is 6.34. The highest BCUT2D eigenvalue weighted by Gasteiger charge is 2.47. The van der Waals surface area contributed by atoms with Crippen LogP contribution in [0.25, 0.3) is 11.1 Å². The molecule has 1 atom stereocenters. The van der Waals surface area contributed by atoms with Gasteiger partial charge in [0.05, 0.1) is 11.3 Å². The van der Waals surface area contributed by atoms with Crippen LogP contribution in [0.1, 0.15) is 41.3 Å². The Morgan fingerprint density at radius 2 is 1.64 bits per heavy atom. The van der Waals surface area contributed by atoms with Gasteiger partial charge in [0.15, 0.2) is 0 Å². The first-order valence-electron chi connectivity index (χ1n) is 12.2. The van der Waals surface area contributed by atoms with Gasteiger partial charge in [-0.3, -0.25) is 9.88 Å². The Kier molecular flexibility index (Phi) is 6.30. The van der Waals surface area contributed by atoms with Crippen LogP contribution in [-0.2, 0) is 16.9 Å². The van der Waals surface area contributed by atoms with Crippen LogP contribution in [0.15, 0.2) is 85.1 Å². The standard InChI is InChI=1S/C30H25Cl2FN2O/c31-22-15-21(16-23(32)17-22)29-26-6-1-3-7-27(26)30(36-29)11-13-35(14-12-30)19-24-10-9-20(18-34-24)25-5-2-4-8-28(25)33/h1-10,15-18,29H,11-14,19H2. The van der Waals surface area contributed by atoms with Crippen molar-refractivity contribution in [3.05, 3.63) is 123 Å². The fourth-order valence-corrected chi connectivity index (χ4v) is 6.07. The van der Waals surface area contributed by atoms with Crippen LogP contribution < -0.4 is 0 Å². The largest absolute Gasteiger partial charge is 0.358 e. The van der Waals surface area contributed by atoms with Crippen molar-refractivity contribution in [2.75, 3.05) is 13.1 Å². The van der Waals surface area contributed by atoms with Crippen LogP contribution in [0.3, 0.4) is 0 Å². The predicted molar refractivity (Wildman–Crippen MR) is 142 cm³/mol. The number of fused-ring (bicyclic) bond motifs is 2. The quantitative estimate of drug-likeness (QED) is 0.275. The number of pyridine rings is 1. The molecule has 36 heavy (non-hydrogen) atoms. The van der Waals surface area contributed by atoms with Crippen molar-refractivity contribution >= 4 is 23.2 Å². The second-order valence-corrected chi connectivity index (χ2v) is 10.4. The second-order valence-electron chi connectivity index (χ2n) is 9.58. The summed E-state index contributed by atoms with van der Waals surface area (Å²) in [5.74, 6) is -0.233. The first-order chi connectivity index (χ1) is 17.5. The van der Waals surface area contributed by atoms with Crippen molar-refractivity contribution in [3.8, 4) is 11.1 Å². The number of rotatable bonds is 4. The lowest BCUT2D eigenvalue weighted by Crippen LogP contribution is -2.42. The van der Waals surface area contributed by atoms with Gasteiger partial charge >= 0.3 is 0 Å². The lowest BCUT2D eigenvalue weighted by molar-refractivity contribution is -0.0979. The van der Waals surface area contributed by atoms with E-state index in [2.05, 4.69) is 34.1 Å². The van der Waals surface area contributed by atoms with Gasteiger partial charge in [0.1, 0.15) is 11.9 Å². The number of halogens is 3. The van der Waals surface area contributed by atoms with Gasteiger partial charge in [-0.05, 0) is 59.9 Å². The van der Waals surface area contributed by atoms with Gasteiger partial charge in [0.2, 0.25) is 0 Å². The minimum atomic E-state index is -0.325. The fourth-order valence-electron chi connectivity index (χ4n) is 5.53. The van der Waals surface area contributed by atoms with Gasteiger partial charge in [-0.1, -0.05) is 71.7 Å². The minimum Gasteiger partial charge on any atom is -0.358 e. The molecule has 2 aliphatic rings. The molecule has 6 rings (SSSR count). The number of aromatic nitrogens is 1. The number of benzene rings is 3. The summed E-state index contributed by atoms with van der Waals surface area (Å²) in [6.45, 7) is 2.55. The van der Waals surface area contributed by atoms with Crippen molar-refractivity contribution in [1.82, 2.24) is 9.88 Å². The minimum absolute atomic E-state index is 0.184. The lowest BCUT2D eigenvalue weighted by Gasteiger charge is -2.39. The van der Waals surface area contributed by atoms with Gasteiger partial charge in [-0.2, -0.15) is 0 Å². The third-order valence-corrected chi connectivity index (χ3v) is 7.76. The average Bonchev–Trinajstić information content (AvgIpc) is 3.20. The zero-order chi connectivity index (χ0) is 24.7. The average molecular weight is 519 g/mol. The summed E-state index contributed by atoms with van der Waals surface area (Å²) in [5.41, 5.74) is 5.45. The molecule has 0 aliphatic carbocycles. The molecule has 1 unspecified atom stereocenters. The normalized spacial score (nSPS) is 18.9. The molecule has 3 nitrogen and oxygen atoms in total. The lowest BCUT2D eigenvalue weighted by atomic mass is 9.83. The maximum atomic E-state index is 14.1. The Balaban J connectivity index is 1.17. The molecule has 0 radical (unpaired) electrons. The van der Waals surface area contributed by atoms with Crippen LogP contribution in [0.2, 0.25) is 10.0 Å². The molecule has 6 heteroatoms. The van der Waals surface area contributed by atoms with Gasteiger partial charge in [0, 0.05) is 47.0 Å². The zero-order valence-electron chi connectivity index (χ0n) is 19.6. The SMILES string of the molecule is Fc1ccccc1-c1ccc(CN2CCC3(CC2)OC(c2cc(Cl)cc(Cl)c2)c2ccccc23)nc1. The van der Waals surface area contributed by atoms with Crippen molar-refractivity contribution < 1.29 is 9.13 Å². The number of hydrogen-bond donors (Lipinski definition) is 0. The van der Waals surface area contributed by atoms with Crippen LogP contribution in [0.5, 0.6) is 0 Å². The van der Waals surface area contributed by atoms with E-state index in [1.807, 2.05) is 30.3 Å². The zero-order valence-corrected chi connectivity index (χ0v) is 21.1. The molecule has 0 amide bonds. The van der Waals surface area contributed by atoms with E-state index in [1.54, 1.807) is 24.4 Å². The number of nitrogens with zero attached hydrogens (tertiary/aromatic N) is 2. The van der Waals surface area contributed by atoms with E-state index in [0.717, 1.165) is 49.3 Å². The summed E-state index contributed by atoms with van der Waals surface area (Å²) in [7, 11) is 0. The first kappa shape index (κ1) is 23.6. The van der Waals surface area contributed by atoms with Crippen LogP contribution >= 0.6 is 23.2 Å². The number of ether oxygens (including phenoxy) is 1. The van der Waals surface area contributed by atoms with Gasteiger partial charge in [-0.25, -0.2) is 4.39 Å². The van der Waals surface area contributed by atoms with Gasteiger partial charge in [-0.15, -0.1) is 0 Å². The molecular formula is C30H25Cl2FN2O. The Bertz CT molecular complexity index is 1380. The van der Waals surface area contributed by atoms with Crippen molar-refractivity contribution in [2.24, 2.45) is 0 Å². The van der Waals surface area contributed by atoms with E-state index in [4.69, 9.17) is 27.9 Å². The van der Waals surface area contributed by atoms with Crippen molar-refractivity contribution in [3.63, 3.8) is 0 Å². The van der Waals surface area contributed by atoms with Crippen LogP contribution in [0.4, 0.5) is 4.39 Å². The molecule has 1 aromatic heterocycles. The Hall–Kier alpha value is -2.76. The Morgan fingerprint density at radius 1 is 0.917 bits per heavy atom. The van der Waals surface area contributed by atoms with E-state index >= 15 is 0 Å². The topological polar surface area (TPSA) is 25.4 Å². The third kappa shape index (κ3) is 4.44. The monoisotopic (exact) mass is 518 g/mol. The smallest absolute Gasteiger partial charge is 0.131 e. The molecule has 2 aliphatic heterocycles. The summed E-state index contributed by atoms with van der Waals surface area (Å²) >= 11 is 12.6. The second kappa shape index (κ2) is 9.60. The predicted octanol–water partition coefficient (Wildman–Crippen LogP) is 7.81. The summed E-state index contributed by atoms with van der Waals surface area (Å²) < 4.78 is 20.9. The summed E-state index contributed by atoms with van der Waals surface area (Å²) in [4.78, 5) is 7.03. The highest BCUT2D eigenvalue weighted by atomic mass is 35.5. The van der Waals surface area contributed by atoms with Crippen molar-refractivity contribution in [1.29, 1.82) is 0 Å². The number of hydrogen-bond acceptors (Lipinski definition) is 3. The van der Waals surface area contributed by atoms with E-state index in [9.17, 15) is 4.39 Å². The summed E-state index contributed by atoms with van der Waals surface area (Å²) in [5, 5.41) is 1.23. The Labute approximate surface area is 220 Å². The molecule has 0 N–H and O–H groups in total. The maximum absolute atomic E-state index is 14.1. The number of likely N-dealkylation sites (tertiary alicyclic amines) is 1. The van der Waals surface area contributed by atoms with Crippen LogP contribution in [0, 0.1) is 5.82 Å². The molecule has 3 heterocycles. The molecule has 0 saturated carbocycles. The van der Waals surface area contributed by atoms with Crippen molar-refractivity contribution in [2.45, 2.75) is 31.1 Å². The number of piperidine rings is 1. The van der Waals surface area contributed by atoms with E-state index < -0.39 is 0 Å². The maximum Gasteiger partial charge on any atom is 0.131 e. The van der Waals surface area contributed by atoms with Gasteiger partial charge < -0.3 is 4.74 Å². The molecule has 1 saturated heterocycles. The first-order valence-corrected chi connectivity index (χ1v) is 12.9. The molecule has 1 spiro atoms. The highest BCUT2D eigenvalue weighted by Crippen LogP contribution is 2.51. The van der Waals surface area contributed by atoms with Gasteiger partial charge in [0.25, 0.3) is 0 Å². The van der Waals surface area contributed by atoms with E-state index in [-0.39, 0.29) is 17.5 Å². The van der Waals surface area contributed by atoms with E-state index in [1.165, 1.54) is 17.2 Å². The molecule has 3 aromatic carbocycles. The third-order valence-electron chi connectivity index (χ3n) is 7.32. The summed E-state index contributed by atoms with van der Waals surface area (Å²) in [6.07, 6.45) is 3.36. The summed E-state index contributed by atoms with van der Waals surface area (Å²) in [6, 6.07) is 24.9.